The predicted molar refractivity (Wildman–Crippen MR) is 100 cm³/mol. The zero-order chi connectivity index (χ0) is 17.6. The van der Waals surface area contributed by atoms with Gasteiger partial charge in [0, 0.05) is 25.6 Å². The van der Waals surface area contributed by atoms with E-state index >= 15 is 0 Å². The number of nitrogens with one attached hydrogen (secondary N) is 1. The van der Waals surface area contributed by atoms with Gasteiger partial charge in [0.1, 0.15) is 0 Å². The highest BCUT2D eigenvalue weighted by molar-refractivity contribution is 5.90. The van der Waals surface area contributed by atoms with Crippen LogP contribution in [0.4, 0.5) is 0 Å². The molecule has 1 saturated heterocycles. The number of piperidine rings is 1. The second-order valence-corrected chi connectivity index (χ2v) is 6.76. The molecule has 2 amide bonds. The Hall–Kier alpha value is -2.36. The number of rotatable bonds is 5. The van der Waals surface area contributed by atoms with Gasteiger partial charge in [0.2, 0.25) is 11.8 Å². The number of hydrogen-bond donors (Lipinski definition) is 1. The molecule has 0 bridgehead atoms. The van der Waals surface area contributed by atoms with Crippen LogP contribution < -0.4 is 5.32 Å². The molecule has 4 nitrogen and oxygen atoms in total. The van der Waals surface area contributed by atoms with Crippen LogP contribution in [0.1, 0.15) is 31.7 Å². The average molecular weight is 338 g/mol. The van der Waals surface area contributed by atoms with Gasteiger partial charge in [0.15, 0.2) is 0 Å². The van der Waals surface area contributed by atoms with Crippen molar-refractivity contribution in [2.24, 2.45) is 5.92 Å². The van der Waals surface area contributed by atoms with Crippen LogP contribution in [0.2, 0.25) is 0 Å². The first-order valence-corrected chi connectivity index (χ1v) is 9.21. The Labute approximate surface area is 149 Å². The van der Waals surface area contributed by atoms with Crippen LogP contribution in [0, 0.1) is 5.92 Å². The van der Waals surface area contributed by atoms with Crippen molar-refractivity contribution in [2.45, 2.75) is 32.6 Å². The van der Waals surface area contributed by atoms with E-state index in [0.717, 1.165) is 36.8 Å². The van der Waals surface area contributed by atoms with Gasteiger partial charge in [-0.1, -0.05) is 49.4 Å². The lowest BCUT2D eigenvalue weighted by molar-refractivity contribution is -0.135. The van der Waals surface area contributed by atoms with Crippen molar-refractivity contribution in [3.8, 4) is 0 Å². The molecule has 2 aromatic rings. The molecule has 0 radical (unpaired) electrons. The first kappa shape index (κ1) is 17.5. The third kappa shape index (κ3) is 4.19. The van der Waals surface area contributed by atoms with E-state index in [9.17, 15) is 9.59 Å². The van der Waals surface area contributed by atoms with Gasteiger partial charge in [-0.2, -0.15) is 0 Å². The Morgan fingerprint density at radius 1 is 1.08 bits per heavy atom. The molecule has 0 unspecified atom stereocenters. The molecule has 132 valence electrons. The number of carbonyl (C=O) groups excluding carboxylic acids is 2. The number of likely N-dealkylation sites (tertiary alicyclic amines) is 1. The summed E-state index contributed by atoms with van der Waals surface area (Å²) in [6.45, 7) is 4.13. The Morgan fingerprint density at radius 3 is 2.56 bits per heavy atom. The van der Waals surface area contributed by atoms with Crippen LogP contribution in [0.3, 0.4) is 0 Å². The van der Waals surface area contributed by atoms with Gasteiger partial charge in [-0.15, -0.1) is 0 Å². The van der Waals surface area contributed by atoms with Crippen LogP contribution in [0.5, 0.6) is 0 Å². The van der Waals surface area contributed by atoms with Gasteiger partial charge in [-0.3, -0.25) is 9.59 Å². The maximum atomic E-state index is 12.7. The summed E-state index contributed by atoms with van der Waals surface area (Å²) in [5, 5.41) is 5.28. The van der Waals surface area contributed by atoms with Gasteiger partial charge in [-0.25, -0.2) is 0 Å². The van der Waals surface area contributed by atoms with E-state index in [1.807, 2.05) is 29.2 Å². The molecule has 1 N–H and O–H groups in total. The molecule has 3 rings (SSSR count). The molecule has 0 spiro atoms. The normalized spacial score (nSPS) is 15.3. The van der Waals surface area contributed by atoms with E-state index in [4.69, 9.17) is 0 Å². The summed E-state index contributed by atoms with van der Waals surface area (Å²) < 4.78 is 0. The number of nitrogens with zero attached hydrogens (tertiary/aromatic N) is 1. The quantitative estimate of drug-likeness (QED) is 0.910. The van der Waals surface area contributed by atoms with Crippen molar-refractivity contribution in [2.75, 3.05) is 19.6 Å². The fraction of sp³-hybridized carbons (Fsp3) is 0.429. The molecule has 0 aromatic heterocycles. The number of amides is 2. The Balaban J connectivity index is 1.59. The van der Waals surface area contributed by atoms with Gasteiger partial charge < -0.3 is 10.2 Å². The molecule has 0 aliphatic carbocycles. The minimum Gasteiger partial charge on any atom is -0.356 e. The summed E-state index contributed by atoms with van der Waals surface area (Å²) in [6, 6.07) is 14.3. The SMILES string of the molecule is CCCNC(=O)C1CCN(C(=O)Cc2cccc3ccccc23)CC1. The van der Waals surface area contributed by atoms with Crippen molar-refractivity contribution >= 4 is 22.6 Å². The van der Waals surface area contributed by atoms with E-state index < -0.39 is 0 Å². The minimum absolute atomic E-state index is 0.0492. The second kappa shape index (κ2) is 8.15. The highest BCUT2D eigenvalue weighted by Crippen LogP contribution is 2.22. The van der Waals surface area contributed by atoms with Crippen molar-refractivity contribution < 1.29 is 9.59 Å². The van der Waals surface area contributed by atoms with Crippen LogP contribution in [0.15, 0.2) is 42.5 Å². The summed E-state index contributed by atoms with van der Waals surface area (Å²) in [7, 11) is 0. The first-order chi connectivity index (χ1) is 12.2. The molecule has 1 heterocycles. The van der Waals surface area contributed by atoms with Crippen molar-refractivity contribution in [1.82, 2.24) is 10.2 Å². The molecule has 25 heavy (non-hydrogen) atoms. The summed E-state index contributed by atoms with van der Waals surface area (Å²) in [5.41, 5.74) is 1.07. The van der Waals surface area contributed by atoms with Gasteiger partial charge >= 0.3 is 0 Å². The molecule has 1 aliphatic heterocycles. The zero-order valence-electron chi connectivity index (χ0n) is 14.8. The number of benzene rings is 2. The van der Waals surface area contributed by atoms with Crippen LogP contribution in [0.25, 0.3) is 10.8 Å². The third-order valence-corrected chi connectivity index (χ3v) is 4.99. The van der Waals surface area contributed by atoms with Crippen LogP contribution in [-0.2, 0) is 16.0 Å². The lowest BCUT2D eigenvalue weighted by Crippen LogP contribution is -2.43. The smallest absolute Gasteiger partial charge is 0.227 e. The van der Waals surface area contributed by atoms with E-state index in [-0.39, 0.29) is 17.7 Å². The summed E-state index contributed by atoms with van der Waals surface area (Å²) in [5.74, 6) is 0.347. The van der Waals surface area contributed by atoms with E-state index in [2.05, 4.69) is 30.4 Å². The summed E-state index contributed by atoms with van der Waals surface area (Å²) in [6.07, 6.45) is 2.90. The standard InChI is InChI=1S/C21H26N2O2/c1-2-12-22-21(25)17-10-13-23(14-11-17)20(24)15-18-8-5-7-16-6-3-4-9-19(16)18/h3-9,17H,2,10-15H2,1H3,(H,22,25). The molecular weight excluding hydrogens is 312 g/mol. The summed E-state index contributed by atoms with van der Waals surface area (Å²) >= 11 is 0. The van der Waals surface area contributed by atoms with E-state index in [0.29, 0.717) is 19.5 Å². The molecule has 1 aliphatic rings. The van der Waals surface area contributed by atoms with Crippen molar-refractivity contribution in [1.29, 1.82) is 0 Å². The Bertz CT molecular complexity index is 743. The number of hydrogen-bond acceptors (Lipinski definition) is 2. The number of fused-ring (bicyclic) bond motifs is 1. The topological polar surface area (TPSA) is 49.4 Å². The first-order valence-electron chi connectivity index (χ1n) is 9.21. The lowest BCUT2D eigenvalue weighted by Gasteiger charge is -2.31. The molecule has 4 heteroatoms. The molecule has 1 fully saturated rings. The van der Waals surface area contributed by atoms with Gasteiger partial charge in [0.25, 0.3) is 0 Å². The van der Waals surface area contributed by atoms with Crippen LogP contribution in [-0.4, -0.2) is 36.3 Å². The maximum Gasteiger partial charge on any atom is 0.227 e. The monoisotopic (exact) mass is 338 g/mol. The highest BCUT2D eigenvalue weighted by Gasteiger charge is 2.27. The van der Waals surface area contributed by atoms with Crippen molar-refractivity contribution in [3.05, 3.63) is 48.0 Å². The molecule has 0 atom stereocenters. The van der Waals surface area contributed by atoms with Gasteiger partial charge in [0.05, 0.1) is 6.42 Å². The minimum atomic E-state index is 0.0492. The Morgan fingerprint density at radius 2 is 1.80 bits per heavy atom. The van der Waals surface area contributed by atoms with E-state index in [1.165, 1.54) is 5.39 Å². The van der Waals surface area contributed by atoms with Crippen LogP contribution >= 0.6 is 0 Å². The highest BCUT2D eigenvalue weighted by atomic mass is 16.2. The second-order valence-electron chi connectivity index (χ2n) is 6.76. The molecule has 0 saturated carbocycles. The fourth-order valence-electron chi connectivity index (χ4n) is 3.50. The van der Waals surface area contributed by atoms with Crippen molar-refractivity contribution in [3.63, 3.8) is 0 Å². The largest absolute Gasteiger partial charge is 0.356 e. The summed E-state index contributed by atoms with van der Waals surface area (Å²) in [4.78, 5) is 26.6. The predicted octanol–water partition coefficient (Wildman–Crippen LogP) is 3.15. The Kier molecular flexibility index (Phi) is 5.69. The van der Waals surface area contributed by atoms with E-state index in [1.54, 1.807) is 0 Å². The number of carbonyl (C=O) groups is 2. The zero-order valence-corrected chi connectivity index (χ0v) is 14.8. The average Bonchev–Trinajstić information content (AvgIpc) is 2.66. The third-order valence-electron chi connectivity index (χ3n) is 4.99. The fourth-order valence-corrected chi connectivity index (χ4v) is 3.50. The maximum absolute atomic E-state index is 12.7. The molecule has 2 aromatic carbocycles. The molecular formula is C21H26N2O2. The van der Waals surface area contributed by atoms with Gasteiger partial charge in [-0.05, 0) is 35.6 Å². The lowest BCUT2D eigenvalue weighted by atomic mass is 9.95.